The largest absolute Gasteiger partial charge is 0.456 e. The van der Waals surface area contributed by atoms with Crippen molar-refractivity contribution in [2.45, 2.75) is 0 Å². The molecule has 4 heteroatoms. The third kappa shape index (κ3) is 3.16. The summed E-state index contributed by atoms with van der Waals surface area (Å²) in [4.78, 5) is 0. The van der Waals surface area contributed by atoms with E-state index in [0.717, 1.165) is 38.8 Å². The first kappa shape index (κ1) is 24.5. The molecule has 0 aliphatic carbocycles. The second kappa shape index (κ2) is 8.87. The Balaban J connectivity index is 1.19. The van der Waals surface area contributed by atoms with Crippen molar-refractivity contribution in [2.24, 2.45) is 0 Å². The van der Waals surface area contributed by atoms with Gasteiger partial charge in [0.15, 0.2) is 0 Å². The fourth-order valence-corrected chi connectivity index (χ4v) is 8.90. The predicted molar refractivity (Wildman–Crippen MR) is 194 cm³/mol. The van der Waals surface area contributed by atoms with Crippen LogP contribution in [0, 0.1) is 0 Å². The summed E-state index contributed by atoms with van der Waals surface area (Å²) in [5, 5.41) is 9.65. The second-order valence-corrected chi connectivity index (χ2v) is 13.1. The molecule has 0 amide bonds. The highest BCUT2D eigenvalue weighted by atomic mass is 32.1. The van der Waals surface area contributed by atoms with Crippen LogP contribution >= 0.6 is 11.3 Å². The SMILES string of the molecule is c1ccc2c(c1)oc1cccc(-c3cccc4c3sc3ccc(-n5c6ccccc6c6c7c(ccc65)oc5ccccc57)cc34)c12. The number of furan rings is 2. The van der Waals surface area contributed by atoms with Gasteiger partial charge in [-0.1, -0.05) is 84.9 Å². The van der Waals surface area contributed by atoms with Crippen molar-refractivity contribution in [3.63, 3.8) is 0 Å². The fraction of sp³-hybridized carbons (Fsp3) is 0. The lowest BCUT2D eigenvalue weighted by Gasteiger charge is -2.08. The number of benzene rings is 7. The molecule has 0 saturated carbocycles. The van der Waals surface area contributed by atoms with E-state index in [1.54, 1.807) is 0 Å². The summed E-state index contributed by atoms with van der Waals surface area (Å²) in [5.41, 5.74) is 9.65. The van der Waals surface area contributed by atoms with E-state index in [-0.39, 0.29) is 0 Å². The number of fused-ring (bicyclic) bond motifs is 13. The van der Waals surface area contributed by atoms with E-state index in [1.165, 1.54) is 63.9 Å². The molecule has 0 radical (unpaired) electrons. The highest BCUT2D eigenvalue weighted by Crippen LogP contribution is 2.46. The molecule has 7 aromatic carbocycles. The zero-order valence-corrected chi connectivity index (χ0v) is 25.3. The Labute approximate surface area is 266 Å². The summed E-state index contributed by atoms with van der Waals surface area (Å²) in [6.45, 7) is 0. The minimum atomic E-state index is 0.919. The smallest absolute Gasteiger partial charge is 0.136 e. The molecule has 0 spiro atoms. The van der Waals surface area contributed by atoms with Crippen LogP contribution in [0.2, 0.25) is 0 Å². The van der Waals surface area contributed by atoms with Crippen molar-refractivity contribution in [3.8, 4) is 16.8 Å². The number of hydrogen-bond donors (Lipinski definition) is 0. The number of nitrogens with zero attached hydrogens (tertiary/aromatic N) is 1. The minimum Gasteiger partial charge on any atom is -0.456 e. The molecule has 4 heterocycles. The van der Waals surface area contributed by atoms with Gasteiger partial charge in [-0.2, -0.15) is 0 Å². The predicted octanol–water partition coefficient (Wildman–Crippen LogP) is 12.6. The zero-order valence-electron chi connectivity index (χ0n) is 24.5. The molecule has 46 heavy (non-hydrogen) atoms. The van der Waals surface area contributed by atoms with E-state index >= 15 is 0 Å². The Hall–Kier alpha value is -5.84. The zero-order chi connectivity index (χ0) is 29.9. The summed E-state index contributed by atoms with van der Waals surface area (Å²) in [6, 6.07) is 49.8. The first-order chi connectivity index (χ1) is 22.8. The van der Waals surface area contributed by atoms with Gasteiger partial charge in [-0.15, -0.1) is 11.3 Å². The van der Waals surface area contributed by atoms with Crippen LogP contribution in [0.3, 0.4) is 0 Å². The van der Waals surface area contributed by atoms with Crippen molar-refractivity contribution < 1.29 is 8.83 Å². The third-order valence-corrected chi connectivity index (χ3v) is 10.8. The summed E-state index contributed by atoms with van der Waals surface area (Å²) >= 11 is 1.87. The highest BCUT2D eigenvalue weighted by molar-refractivity contribution is 7.26. The lowest BCUT2D eigenvalue weighted by atomic mass is 9.98. The average molecular weight is 606 g/mol. The van der Waals surface area contributed by atoms with Gasteiger partial charge < -0.3 is 13.4 Å². The summed E-state index contributed by atoms with van der Waals surface area (Å²) in [7, 11) is 0. The Morgan fingerprint density at radius 2 is 1.07 bits per heavy atom. The molecule has 0 unspecified atom stereocenters. The van der Waals surface area contributed by atoms with Crippen LogP contribution < -0.4 is 0 Å². The quantitative estimate of drug-likeness (QED) is 0.196. The van der Waals surface area contributed by atoms with Gasteiger partial charge in [-0.25, -0.2) is 0 Å². The molecule has 0 atom stereocenters. The van der Waals surface area contributed by atoms with E-state index in [2.05, 4.69) is 132 Å². The number of aromatic nitrogens is 1. The molecule has 0 fully saturated rings. The minimum absolute atomic E-state index is 0.919. The summed E-state index contributed by atoms with van der Waals surface area (Å²) in [5.74, 6) is 0. The maximum absolute atomic E-state index is 6.30. The van der Waals surface area contributed by atoms with Crippen LogP contribution in [-0.4, -0.2) is 4.57 Å². The highest BCUT2D eigenvalue weighted by Gasteiger charge is 2.20. The molecule has 4 aromatic heterocycles. The van der Waals surface area contributed by atoms with Gasteiger partial charge in [0.25, 0.3) is 0 Å². The Bertz CT molecular complexity index is 3040. The van der Waals surface area contributed by atoms with E-state index < -0.39 is 0 Å². The van der Waals surface area contributed by atoms with E-state index in [4.69, 9.17) is 8.83 Å². The number of rotatable bonds is 2. The molecule has 11 aromatic rings. The van der Waals surface area contributed by atoms with Gasteiger partial charge in [0.1, 0.15) is 22.3 Å². The Morgan fingerprint density at radius 3 is 1.91 bits per heavy atom. The number of para-hydroxylation sites is 3. The molecule has 3 nitrogen and oxygen atoms in total. The van der Waals surface area contributed by atoms with E-state index in [1.807, 2.05) is 23.5 Å². The van der Waals surface area contributed by atoms with Crippen molar-refractivity contribution in [1.29, 1.82) is 0 Å². The molecule has 214 valence electrons. The lowest BCUT2D eigenvalue weighted by Crippen LogP contribution is -1.93. The van der Waals surface area contributed by atoms with Gasteiger partial charge in [0, 0.05) is 63.7 Å². The molecule has 11 rings (SSSR count). The van der Waals surface area contributed by atoms with Crippen LogP contribution in [0.15, 0.2) is 148 Å². The van der Waals surface area contributed by atoms with Crippen LogP contribution in [-0.2, 0) is 0 Å². The molecular weight excluding hydrogens is 583 g/mol. The topological polar surface area (TPSA) is 31.2 Å². The Morgan fingerprint density at radius 1 is 0.413 bits per heavy atom. The van der Waals surface area contributed by atoms with Gasteiger partial charge in [-0.05, 0) is 60.2 Å². The van der Waals surface area contributed by atoms with Gasteiger partial charge in [0.05, 0.1) is 11.0 Å². The monoisotopic (exact) mass is 605 g/mol. The van der Waals surface area contributed by atoms with Crippen molar-refractivity contribution in [2.75, 3.05) is 0 Å². The normalized spacial score (nSPS) is 12.3. The maximum Gasteiger partial charge on any atom is 0.136 e. The molecule has 0 aliphatic heterocycles. The van der Waals surface area contributed by atoms with Crippen LogP contribution in [0.25, 0.3) is 103 Å². The number of hydrogen-bond acceptors (Lipinski definition) is 3. The van der Waals surface area contributed by atoms with Crippen molar-refractivity contribution in [3.05, 3.63) is 140 Å². The summed E-state index contributed by atoms with van der Waals surface area (Å²) < 4.78 is 17.5. The van der Waals surface area contributed by atoms with Crippen LogP contribution in [0.1, 0.15) is 0 Å². The lowest BCUT2D eigenvalue weighted by molar-refractivity contribution is 0.668. The van der Waals surface area contributed by atoms with Crippen molar-refractivity contribution in [1.82, 2.24) is 4.57 Å². The van der Waals surface area contributed by atoms with Crippen molar-refractivity contribution >= 4 is 97.2 Å². The van der Waals surface area contributed by atoms with Crippen LogP contribution in [0.5, 0.6) is 0 Å². The third-order valence-electron chi connectivity index (χ3n) is 9.61. The van der Waals surface area contributed by atoms with E-state index in [9.17, 15) is 0 Å². The molecule has 0 aliphatic rings. The maximum atomic E-state index is 6.30. The molecule has 0 saturated heterocycles. The summed E-state index contributed by atoms with van der Waals surface area (Å²) in [6.07, 6.45) is 0. The Kier molecular flexibility index (Phi) is 4.72. The van der Waals surface area contributed by atoms with Gasteiger partial charge >= 0.3 is 0 Å². The van der Waals surface area contributed by atoms with Gasteiger partial charge in [-0.3, -0.25) is 0 Å². The molecular formula is C42H23NO2S. The average Bonchev–Trinajstić information content (AvgIpc) is 3.86. The first-order valence-corrected chi connectivity index (χ1v) is 16.3. The van der Waals surface area contributed by atoms with Crippen LogP contribution in [0.4, 0.5) is 0 Å². The van der Waals surface area contributed by atoms with Gasteiger partial charge in [0.2, 0.25) is 0 Å². The first-order valence-electron chi connectivity index (χ1n) is 15.5. The molecule has 0 N–H and O–H groups in total. The van der Waals surface area contributed by atoms with E-state index in [0.29, 0.717) is 0 Å². The number of thiophene rings is 1. The molecule has 0 bridgehead atoms. The fourth-order valence-electron chi connectivity index (χ4n) is 7.69. The second-order valence-electron chi connectivity index (χ2n) is 12.0. The standard InChI is InChI=1S/C42H23NO2S/c1-4-15-32-28(9-1)40-33(20-21-37-41(40)30-11-3-6-17-35(30)45-37)43(32)24-19-22-38-31(23-24)27-14-7-13-26(42(27)46-38)25-12-8-18-36-39(25)29-10-2-5-16-34(29)44-36/h1-23H.